The van der Waals surface area contributed by atoms with Crippen molar-refractivity contribution >= 4 is 5.97 Å². The maximum Gasteiger partial charge on any atom is 0.334 e. The zero-order chi connectivity index (χ0) is 8.81. The molecule has 0 bridgehead atoms. The smallest absolute Gasteiger partial charge is 0.334 e. The molecular weight excluding hydrogens is 158 g/mol. The van der Waals surface area contributed by atoms with Crippen molar-refractivity contribution in [1.82, 2.24) is 0 Å². The van der Waals surface area contributed by atoms with Crippen molar-refractivity contribution in [2.45, 2.75) is 25.7 Å². The summed E-state index contributed by atoms with van der Waals surface area (Å²) >= 11 is 0. The van der Waals surface area contributed by atoms with E-state index in [4.69, 9.17) is 10.6 Å². The van der Waals surface area contributed by atoms with Crippen LogP contribution in [0, 0.1) is 5.92 Å². The molecular formula is C8H15NO3. The summed E-state index contributed by atoms with van der Waals surface area (Å²) in [7, 11) is 0. The first-order valence-electron chi connectivity index (χ1n) is 4.30. The normalized spacial score (nSPS) is 17.1. The molecule has 1 rings (SSSR count). The van der Waals surface area contributed by atoms with Gasteiger partial charge in [-0.3, -0.25) is 4.84 Å². The molecule has 4 nitrogen and oxygen atoms in total. The van der Waals surface area contributed by atoms with Gasteiger partial charge in [0.2, 0.25) is 0 Å². The topological polar surface area (TPSA) is 61.5 Å². The van der Waals surface area contributed by atoms with E-state index < -0.39 is 0 Å². The lowest BCUT2D eigenvalue weighted by atomic mass is 9.83. The molecule has 12 heavy (non-hydrogen) atoms. The first kappa shape index (κ1) is 9.48. The van der Waals surface area contributed by atoms with Crippen molar-refractivity contribution in [1.29, 1.82) is 0 Å². The number of ether oxygens (including phenoxy) is 1. The number of hydrogen-bond acceptors (Lipinski definition) is 4. The molecule has 1 saturated carbocycles. The van der Waals surface area contributed by atoms with E-state index in [2.05, 4.69) is 4.84 Å². The quantitative estimate of drug-likeness (QED) is 0.488. The molecule has 0 unspecified atom stereocenters. The Hall–Kier alpha value is -0.610. The lowest BCUT2D eigenvalue weighted by Gasteiger charge is -2.24. The second-order valence-corrected chi connectivity index (χ2v) is 3.12. The number of esters is 1. The van der Waals surface area contributed by atoms with E-state index in [9.17, 15) is 4.79 Å². The van der Waals surface area contributed by atoms with Gasteiger partial charge in [0.05, 0.1) is 6.61 Å². The summed E-state index contributed by atoms with van der Waals surface area (Å²) < 4.78 is 4.84. The minimum atomic E-state index is -0.378. The fourth-order valence-electron chi connectivity index (χ4n) is 1.23. The lowest BCUT2D eigenvalue weighted by molar-refractivity contribution is -0.149. The zero-order valence-electron chi connectivity index (χ0n) is 7.12. The summed E-state index contributed by atoms with van der Waals surface area (Å²) in [6, 6.07) is 0. The third kappa shape index (κ3) is 3.19. The number of carbonyl (C=O) groups excluding carboxylic acids is 1. The summed E-state index contributed by atoms with van der Waals surface area (Å²) in [5, 5.41) is 0. The van der Waals surface area contributed by atoms with E-state index >= 15 is 0 Å². The predicted octanol–water partition coefficient (Wildman–Crippen LogP) is 0.610. The van der Waals surface area contributed by atoms with Gasteiger partial charge in [-0.2, -0.15) is 0 Å². The average Bonchev–Trinajstić information content (AvgIpc) is 1.95. The van der Waals surface area contributed by atoms with Gasteiger partial charge in [0, 0.05) is 0 Å². The first-order chi connectivity index (χ1) is 5.83. The summed E-state index contributed by atoms with van der Waals surface area (Å²) in [4.78, 5) is 14.8. The molecule has 0 radical (unpaired) electrons. The maximum absolute atomic E-state index is 10.7. The van der Waals surface area contributed by atoms with E-state index in [0.717, 1.165) is 12.3 Å². The van der Waals surface area contributed by atoms with Gasteiger partial charge in [0.15, 0.2) is 6.61 Å². The molecule has 0 spiro atoms. The molecule has 0 aromatic rings. The van der Waals surface area contributed by atoms with E-state index in [1.54, 1.807) is 0 Å². The van der Waals surface area contributed by atoms with Crippen LogP contribution in [0.15, 0.2) is 0 Å². The average molecular weight is 173 g/mol. The molecule has 0 amide bonds. The number of rotatable bonds is 5. The van der Waals surface area contributed by atoms with Crippen molar-refractivity contribution in [2.75, 3.05) is 13.2 Å². The lowest BCUT2D eigenvalue weighted by Crippen LogP contribution is -2.19. The van der Waals surface area contributed by atoms with Crippen molar-refractivity contribution in [2.24, 2.45) is 11.8 Å². The molecule has 2 N–H and O–H groups in total. The highest BCUT2D eigenvalue weighted by Crippen LogP contribution is 2.28. The predicted molar refractivity (Wildman–Crippen MR) is 43.1 cm³/mol. The van der Waals surface area contributed by atoms with Crippen molar-refractivity contribution in [3.05, 3.63) is 0 Å². The van der Waals surface area contributed by atoms with Crippen LogP contribution >= 0.6 is 0 Å². The van der Waals surface area contributed by atoms with Crippen molar-refractivity contribution in [3.8, 4) is 0 Å². The molecule has 0 aliphatic heterocycles. The standard InChI is InChI=1S/C8H15NO3/c9-12-6-8(10)11-5-4-7-2-1-3-7/h7H,1-6,9H2. The van der Waals surface area contributed by atoms with Crippen LogP contribution in [0.2, 0.25) is 0 Å². The molecule has 70 valence electrons. The number of hydrogen-bond donors (Lipinski definition) is 1. The van der Waals surface area contributed by atoms with Gasteiger partial charge in [0.25, 0.3) is 0 Å². The van der Waals surface area contributed by atoms with Crippen LogP contribution in [-0.4, -0.2) is 19.2 Å². The Kier molecular flexibility index (Phi) is 4.04. The van der Waals surface area contributed by atoms with Gasteiger partial charge in [-0.15, -0.1) is 0 Å². The summed E-state index contributed by atoms with van der Waals surface area (Å²) in [5.74, 6) is 5.09. The molecule has 0 atom stereocenters. The van der Waals surface area contributed by atoms with Crippen LogP contribution in [0.1, 0.15) is 25.7 Å². The third-order valence-corrected chi connectivity index (χ3v) is 2.22. The number of nitrogens with two attached hydrogens (primary N) is 1. The minimum Gasteiger partial charge on any atom is -0.464 e. The third-order valence-electron chi connectivity index (χ3n) is 2.22. The highest BCUT2D eigenvalue weighted by molar-refractivity contribution is 5.70. The fourth-order valence-corrected chi connectivity index (χ4v) is 1.23. The maximum atomic E-state index is 10.7. The van der Waals surface area contributed by atoms with Crippen LogP contribution in [0.25, 0.3) is 0 Å². The Morgan fingerprint density at radius 3 is 2.75 bits per heavy atom. The largest absolute Gasteiger partial charge is 0.464 e. The van der Waals surface area contributed by atoms with E-state index in [-0.39, 0.29) is 12.6 Å². The zero-order valence-corrected chi connectivity index (χ0v) is 7.12. The minimum absolute atomic E-state index is 0.148. The van der Waals surface area contributed by atoms with Crippen molar-refractivity contribution < 1.29 is 14.4 Å². The Morgan fingerprint density at radius 2 is 2.25 bits per heavy atom. The highest BCUT2D eigenvalue weighted by Gasteiger charge is 2.17. The van der Waals surface area contributed by atoms with Crippen LogP contribution in [0.5, 0.6) is 0 Å². The SMILES string of the molecule is NOCC(=O)OCCC1CCC1. The second-order valence-electron chi connectivity index (χ2n) is 3.12. The van der Waals surface area contributed by atoms with Gasteiger partial charge < -0.3 is 4.74 Å². The fraction of sp³-hybridized carbons (Fsp3) is 0.875. The van der Waals surface area contributed by atoms with E-state index in [1.807, 2.05) is 0 Å². The van der Waals surface area contributed by atoms with Gasteiger partial charge in [-0.1, -0.05) is 19.3 Å². The second kappa shape index (κ2) is 5.11. The molecule has 0 aromatic carbocycles. The molecule has 0 aromatic heterocycles. The molecule has 1 aliphatic rings. The summed E-state index contributed by atoms with van der Waals surface area (Å²) in [6.45, 7) is 0.359. The van der Waals surface area contributed by atoms with Crippen LogP contribution < -0.4 is 5.90 Å². The van der Waals surface area contributed by atoms with Crippen LogP contribution in [-0.2, 0) is 14.4 Å². The van der Waals surface area contributed by atoms with Crippen molar-refractivity contribution in [3.63, 3.8) is 0 Å². The Labute approximate surface area is 72.0 Å². The summed E-state index contributed by atoms with van der Waals surface area (Å²) in [5.41, 5.74) is 0. The Morgan fingerprint density at radius 1 is 1.50 bits per heavy atom. The van der Waals surface area contributed by atoms with Gasteiger partial charge in [-0.05, 0) is 12.3 Å². The van der Waals surface area contributed by atoms with Crippen LogP contribution in [0.4, 0.5) is 0 Å². The Bertz CT molecular complexity index is 145. The van der Waals surface area contributed by atoms with E-state index in [1.165, 1.54) is 19.3 Å². The molecule has 4 heteroatoms. The van der Waals surface area contributed by atoms with Gasteiger partial charge in [-0.25, -0.2) is 10.7 Å². The summed E-state index contributed by atoms with van der Waals surface area (Å²) in [6.07, 6.45) is 4.87. The molecule has 1 aliphatic carbocycles. The molecule has 0 saturated heterocycles. The monoisotopic (exact) mass is 173 g/mol. The number of carbonyl (C=O) groups is 1. The Balaban J connectivity index is 1.90. The van der Waals surface area contributed by atoms with Crippen LogP contribution in [0.3, 0.4) is 0 Å². The first-order valence-corrected chi connectivity index (χ1v) is 4.30. The highest BCUT2D eigenvalue weighted by atomic mass is 16.6. The molecule has 1 fully saturated rings. The molecule has 0 heterocycles. The van der Waals surface area contributed by atoms with Gasteiger partial charge >= 0.3 is 5.97 Å². The van der Waals surface area contributed by atoms with E-state index in [0.29, 0.717) is 6.61 Å². The van der Waals surface area contributed by atoms with Gasteiger partial charge in [0.1, 0.15) is 0 Å².